The highest BCUT2D eigenvalue weighted by atomic mass is 32.1. The number of amides is 1. The lowest BCUT2D eigenvalue weighted by Crippen LogP contribution is -2.28. The predicted octanol–water partition coefficient (Wildman–Crippen LogP) is 3.16. The summed E-state index contributed by atoms with van der Waals surface area (Å²) in [5, 5.41) is 3.02. The summed E-state index contributed by atoms with van der Waals surface area (Å²) in [4.78, 5) is 30.6. The van der Waals surface area contributed by atoms with Crippen LogP contribution in [0.2, 0.25) is 0 Å². The van der Waals surface area contributed by atoms with Crippen LogP contribution in [0.5, 0.6) is 0 Å². The van der Waals surface area contributed by atoms with Crippen molar-refractivity contribution >= 4 is 33.1 Å². The topological polar surface area (TPSA) is 64.0 Å². The Bertz CT molecular complexity index is 1010. The Morgan fingerprint density at radius 1 is 1.33 bits per heavy atom. The van der Waals surface area contributed by atoms with Gasteiger partial charge in [0.25, 0.3) is 5.56 Å². The van der Waals surface area contributed by atoms with Crippen LogP contribution < -0.4 is 10.9 Å². The molecule has 0 aliphatic carbocycles. The van der Waals surface area contributed by atoms with E-state index in [-0.39, 0.29) is 17.8 Å². The molecular formula is C17H16FN3O2S. The van der Waals surface area contributed by atoms with Gasteiger partial charge in [0.1, 0.15) is 17.2 Å². The predicted molar refractivity (Wildman–Crippen MR) is 93.1 cm³/mol. The summed E-state index contributed by atoms with van der Waals surface area (Å²) in [6.07, 6.45) is 1.35. The van der Waals surface area contributed by atoms with Gasteiger partial charge in [-0.15, -0.1) is 11.3 Å². The van der Waals surface area contributed by atoms with Crippen molar-refractivity contribution in [2.24, 2.45) is 0 Å². The normalized spacial score (nSPS) is 11.0. The standard InChI is InChI=1S/C17H16FN3O2S/c1-9-4-5-13(12(18)6-9)20-14(22)7-21-8-19-16-15(17(21)23)10(2)11(3)24-16/h4-6,8H,7H2,1-3H3,(H,20,22). The van der Waals surface area contributed by atoms with E-state index in [2.05, 4.69) is 10.3 Å². The largest absolute Gasteiger partial charge is 0.322 e. The quantitative estimate of drug-likeness (QED) is 0.793. The summed E-state index contributed by atoms with van der Waals surface area (Å²) in [5.74, 6) is -0.987. The third-order valence-electron chi connectivity index (χ3n) is 3.87. The van der Waals surface area contributed by atoms with E-state index < -0.39 is 11.7 Å². The van der Waals surface area contributed by atoms with E-state index in [1.54, 1.807) is 13.0 Å². The molecule has 0 saturated heterocycles. The zero-order chi connectivity index (χ0) is 17.4. The van der Waals surface area contributed by atoms with Crippen molar-refractivity contribution < 1.29 is 9.18 Å². The molecule has 5 nitrogen and oxygen atoms in total. The number of fused-ring (bicyclic) bond motifs is 1. The lowest BCUT2D eigenvalue weighted by Gasteiger charge is -2.08. The molecule has 1 amide bonds. The fourth-order valence-electron chi connectivity index (χ4n) is 2.45. The molecule has 0 aliphatic heterocycles. The van der Waals surface area contributed by atoms with Gasteiger partial charge in [-0.2, -0.15) is 0 Å². The minimum atomic E-state index is -0.506. The molecule has 0 unspecified atom stereocenters. The van der Waals surface area contributed by atoms with Gasteiger partial charge in [-0.3, -0.25) is 14.2 Å². The first-order valence-electron chi connectivity index (χ1n) is 7.38. The Balaban J connectivity index is 1.87. The minimum absolute atomic E-state index is 0.0928. The van der Waals surface area contributed by atoms with E-state index in [0.717, 1.165) is 16.0 Å². The van der Waals surface area contributed by atoms with Crippen molar-refractivity contribution in [2.75, 3.05) is 5.32 Å². The SMILES string of the molecule is Cc1ccc(NC(=O)Cn2cnc3sc(C)c(C)c3c2=O)c(F)c1. The highest BCUT2D eigenvalue weighted by molar-refractivity contribution is 7.18. The van der Waals surface area contributed by atoms with Crippen LogP contribution in [0.1, 0.15) is 16.0 Å². The number of halogens is 1. The number of rotatable bonds is 3. The number of nitrogens with one attached hydrogen (secondary N) is 1. The van der Waals surface area contributed by atoms with Gasteiger partial charge in [-0.25, -0.2) is 9.37 Å². The van der Waals surface area contributed by atoms with Crippen LogP contribution in [0.3, 0.4) is 0 Å². The number of aryl methyl sites for hydroxylation is 3. The fourth-order valence-corrected chi connectivity index (χ4v) is 3.44. The molecule has 2 aromatic heterocycles. The van der Waals surface area contributed by atoms with Gasteiger partial charge in [0.05, 0.1) is 17.4 Å². The van der Waals surface area contributed by atoms with E-state index >= 15 is 0 Å². The van der Waals surface area contributed by atoms with E-state index in [4.69, 9.17) is 0 Å². The lowest BCUT2D eigenvalue weighted by molar-refractivity contribution is -0.116. The number of nitrogens with zero attached hydrogens (tertiary/aromatic N) is 2. The van der Waals surface area contributed by atoms with Gasteiger partial charge in [0, 0.05) is 4.88 Å². The molecule has 0 spiro atoms. The first-order valence-corrected chi connectivity index (χ1v) is 8.19. The van der Waals surface area contributed by atoms with E-state index in [1.807, 2.05) is 13.8 Å². The summed E-state index contributed by atoms with van der Waals surface area (Å²) < 4.78 is 15.0. The molecule has 0 atom stereocenters. The third kappa shape index (κ3) is 2.94. The maximum Gasteiger partial charge on any atom is 0.262 e. The van der Waals surface area contributed by atoms with E-state index in [9.17, 15) is 14.0 Å². The molecule has 2 heterocycles. The Hall–Kier alpha value is -2.54. The smallest absolute Gasteiger partial charge is 0.262 e. The van der Waals surface area contributed by atoms with Gasteiger partial charge in [-0.05, 0) is 44.0 Å². The summed E-state index contributed by atoms with van der Waals surface area (Å²) in [6, 6.07) is 4.54. The number of carbonyl (C=O) groups is 1. The maximum absolute atomic E-state index is 13.8. The molecular weight excluding hydrogens is 329 g/mol. The number of thiophene rings is 1. The van der Waals surface area contributed by atoms with Gasteiger partial charge >= 0.3 is 0 Å². The average Bonchev–Trinajstić information content (AvgIpc) is 2.81. The average molecular weight is 345 g/mol. The Morgan fingerprint density at radius 3 is 2.79 bits per heavy atom. The number of anilines is 1. The van der Waals surface area contributed by atoms with Crippen molar-refractivity contribution in [3.05, 3.63) is 56.7 Å². The number of hydrogen-bond acceptors (Lipinski definition) is 4. The van der Waals surface area contributed by atoms with Crippen LogP contribution in [0.25, 0.3) is 10.2 Å². The van der Waals surface area contributed by atoms with E-state index in [1.165, 1.54) is 34.4 Å². The summed E-state index contributed by atoms with van der Waals surface area (Å²) in [6.45, 7) is 5.34. The van der Waals surface area contributed by atoms with Crippen molar-refractivity contribution in [1.82, 2.24) is 9.55 Å². The van der Waals surface area contributed by atoms with Gasteiger partial charge in [0.15, 0.2) is 0 Å². The number of carbonyl (C=O) groups excluding carboxylic acids is 1. The van der Waals surface area contributed by atoms with Gasteiger partial charge < -0.3 is 5.32 Å². The zero-order valence-electron chi connectivity index (χ0n) is 13.5. The van der Waals surface area contributed by atoms with Crippen molar-refractivity contribution in [3.63, 3.8) is 0 Å². The third-order valence-corrected chi connectivity index (χ3v) is 4.98. The van der Waals surface area contributed by atoms with Crippen molar-refractivity contribution in [1.29, 1.82) is 0 Å². The number of benzene rings is 1. The lowest BCUT2D eigenvalue weighted by atomic mass is 10.2. The minimum Gasteiger partial charge on any atom is -0.322 e. The molecule has 1 aromatic carbocycles. The Kier molecular flexibility index (Phi) is 4.19. The van der Waals surface area contributed by atoms with Crippen LogP contribution in [-0.2, 0) is 11.3 Å². The maximum atomic E-state index is 13.8. The second-order valence-corrected chi connectivity index (χ2v) is 6.88. The molecule has 24 heavy (non-hydrogen) atoms. The second kappa shape index (κ2) is 6.16. The molecule has 0 fully saturated rings. The summed E-state index contributed by atoms with van der Waals surface area (Å²) >= 11 is 1.45. The van der Waals surface area contributed by atoms with Crippen LogP contribution >= 0.6 is 11.3 Å². The molecule has 7 heteroatoms. The van der Waals surface area contributed by atoms with Crippen LogP contribution in [0.4, 0.5) is 10.1 Å². The van der Waals surface area contributed by atoms with Crippen molar-refractivity contribution in [3.8, 4) is 0 Å². The first kappa shape index (κ1) is 16.3. The molecule has 0 bridgehead atoms. The Labute approximate surface area is 141 Å². The zero-order valence-corrected chi connectivity index (χ0v) is 14.3. The van der Waals surface area contributed by atoms with Crippen LogP contribution in [0, 0.1) is 26.6 Å². The monoisotopic (exact) mass is 345 g/mol. The molecule has 0 radical (unpaired) electrons. The summed E-state index contributed by atoms with van der Waals surface area (Å²) in [7, 11) is 0. The summed E-state index contributed by atoms with van der Waals surface area (Å²) in [5.41, 5.74) is 1.48. The first-order chi connectivity index (χ1) is 11.4. The molecule has 124 valence electrons. The molecule has 0 saturated carbocycles. The molecule has 3 rings (SSSR count). The highest BCUT2D eigenvalue weighted by Crippen LogP contribution is 2.25. The molecule has 3 aromatic rings. The van der Waals surface area contributed by atoms with E-state index in [0.29, 0.717) is 10.2 Å². The number of aromatic nitrogens is 2. The number of hydrogen-bond donors (Lipinski definition) is 1. The van der Waals surface area contributed by atoms with Crippen molar-refractivity contribution in [2.45, 2.75) is 27.3 Å². The highest BCUT2D eigenvalue weighted by Gasteiger charge is 2.14. The fraction of sp³-hybridized carbons (Fsp3) is 0.235. The Morgan fingerprint density at radius 2 is 2.08 bits per heavy atom. The van der Waals surface area contributed by atoms with Crippen LogP contribution in [-0.4, -0.2) is 15.5 Å². The molecule has 1 N–H and O–H groups in total. The van der Waals surface area contributed by atoms with Crippen LogP contribution in [0.15, 0.2) is 29.3 Å². The second-order valence-electron chi connectivity index (χ2n) is 5.67. The van der Waals surface area contributed by atoms with Gasteiger partial charge in [0.2, 0.25) is 5.91 Å². The van der Waals surface area contributed by atoms with Gasteiger partial charge in [-0.1, -0.05) is 6.07 Å². The molecule has 0 aliphatic rings.